The van der Waals surface area contributed by atoms with Gasteiger partial charge in [0.05, 0.1) is 13.0 Å². The van der Waals surface area contributed by atoms with E-state index in [0.717, 1.165) is 11.8 Å². The molecule has 3 nitrogen and oxygen atoms in total. The minimum Gasteiger partial charge on any atom is -0.466 e. The molecule has 16 heavy (non-hydrogen) atoms. The van der Waals surface area contributed by atoms with Gasteiger partial charge in [-0.15, -0.1) is 0 Å². The van der Waals surface area contributed by atoms with Crippen LogP contribution in [0.2, 0.25) is 5.02 Å². The van der Waals surface area contributed by atoms with E-state index in [9.17, 15) is 9.59 Å². The Labute approximate surface area is 99.4 Å². The molecular formula is C12H13ClO3. The lowest BCUT2D eigenvalue weighted by Crippen LogP contribution is -2.09. The molecule has 1 aromatic rings. The van der Waals surface area contributed by atoms with Crippen molar-refractivity contribution in [1.82, 2.24) is 0 Å². The molecule has 0 aliphatic carbocycles. The highest BCUT2D eigenvalue weighted by Gasteiger charge is 2.11. The van der Waals surface area contributed by atoms with Gasteiger partial charge in [-0.05, 0) is 37.1 Å². The predicted octanol–water partition coefficient (Wildman–Crippen LogP) is 2.57. The maximum Gasteiger partial charge on any atom is 0.310 e. The molecule has 0 amide bonds. The maximum atomic E-state index is 11.3. The maximum absolute atomic E-state index is 11.3. The zero-order valence-electron chi connectivity index (χ0n) is 9.25. The van der Waals surface area contributed by atoms with E-state index in [1.54, 1.807) is 19.1 Å². The summed E-state index contributed by atoms with van der Waals surface area (Å²) in [6.07, 6.45) is 0.866. The van der Waals surface area contributed by atoms with Crippen molar-refractivity contribution in [1.29, 1.82) is 0 Å². The molecule has 0 radical (unpaired) electrons. The number of hydrogen-bond acceptors (Lipinski definition) is 3. The number of rotatable bonds is 4. The summed E-state index contributed by atoms with van der Waals surface area (Å²) in [5, 5.41) is 0.426. The number of carbonyl (C=O) groups excluding carboxylic acids is 2. The Hall–Kier alpha value is -1.35. The number of esters is 1. The van der Waals surface area contributed by atoms with E-state index in [0.29, 0.717) is 22.8 Å². The SMILES string of the molecule is CCOC(=O)Cc1c(C)cc(C=O)cc1Cl. The van der Waals surface area contributed by atoms with Crippen LogP contribution >= 0.6 is 11.6 Å². The molecular weight excluding hydrogens is 228 g/mol. The van der Waals surface area contributed by atoms with Crippen molar-refractivity contribution in [2.75, 3.05) is 6.61 Å². The number of hydrogen-bond donors (Lipinski definition) is 0. The average molecular weight is 241 g/mol. The second-order valence-electron chi connectivity index (χ2n) is 3.40. The number of carbonyl (C=O) groups is 2. The third-order valence-electron chi connectivity index (χ3n) is 2.20. The van der Waals surface area contributed by atoms with E-state index in [4.69, 9.17) is 16.3 Å². The number of aldehydes is 1. The standard InChI is InChI=1S/C12H13ClO3/c1-3-16-12(15)6-10-8(2)4-9(7-14)5-11(10)13/h4-5,7H,3,6H2,1-2H3. The molecule has 1 rings (SSSR count). The van der Waals surface area contributed by atoms with Crippen LogP contribution in [-0.2, 0) is 16.0 Å². The van der Waals surface area contributed by atoms with E-state index in [1.165, 1.54) is 0 Å². The smallest absolute Gasteiger partial charge is 0.310 e. The van der Waals surface area contributed by atoms with Crippen molar-refractivity contribution in [3.05, 3.63) is 33.8 Å². The van der Waals surface area contributed by atoms with Crippen LogP contribution in [0.4, 0.5) is 0 Å². The van der Waals surface area contributed by atoms with Gasteiger partial charge in [0.15, 0.2) is 0 Å². The van der Waals surface area contributed by atoms with Crippen LogP contribution in [0.25, 0.3) is 0 Å². The summed E-state index contributed by atoms with van der Waals surface area (Å²) >= 11 is 5.99. The Bertz CT molecular complexity index is 390. The zero-order chi connectivity index (χ0) is 12.1. The molecule has 0 fully saturated rings. The van der Waals surface area contributed by atoms with Gasteiger partial charge in [-0.25, -0.2) is 0 Å². The minimum absolute atomic E-state index is 0.137. The lowest BCUT2D eigenvalue weighted by Gasteiger charge is -2.08. The molecule has 1 aromatic carbocycles. The summed E-state index contributed by atoms with van der Waals surface area (Å²) in [4.78, 5) is 21.9. The van der Waals surface area contributed by atoms with Gasteiger partial charge in [0, 0.05) is 10.6 Å². The Morgan fingerprint density at radius 3 is 2.69 bits per heavy atom. The van der Waals surface area contributed by atoms with Gasteiger partial charge >= 0.3 is 5.97 Å². The second kappa shape index (κ2) is 5.66. The quantitative estimate of drug-likeness (QED) is 0.600. The fourth-order valence-electron chi connectivity index (χ4n) is 1.45. The van der Waals surface area contributed by atoms with Gasteiger partial charge in [-0.3, -0.25) is 9.59 Å². The van der Waals surface area contributed by atoms with E-state index in [1.807, 2.05) is 6.92 Å². The first-order valence-corrected chi connectivity index (χ1v) is 5.36. The Balaban J connectivity index is 2.96. The topological polar surface area (TPSA) is 43.4 Å². The third-order valence-corrected chi connectivity index (χ3v) is 2.54. The zero-order valence-corrected chi connectivity index (χ0v) is 10.0. The lowest BCUT2D eigenvalue weighted by molar-refractivity contribution is -0.142. The van der Waals surface area contributed by atoms with Gasteiger partial charge in [0.25, 0.3) is 0 Å². The summed E-state index contributed by atoms with van der Waals surface area (Å²) in [7, 11) is 0. The number of ether oxygens (including phenoxy) is 1. The van der Waals surface area contributed by atoms with Gasteiger partial charge in [-0.2, -0.15) is 0 Å². The number of halogens is 1. The van der Waals surface area contributed by atoms with Gasteiger partial charge < -0.3 is 4.74 Å². The average Bonchev–Trinajstić information content (AvgIpc) is 2.23. The summed E-state index contributed by atoms with van der Waals surface area (Å²) in [6, 6.07) is 3.25. The molecule has 0 bridgehead atoms. The first-order chi connectivity index (χ1) is 7.58. The van der Waals surface area contributed by atoms with Crippen molar-refractivity contribution in [2.24, 2.45) is 0 Å². The molecule has 86 valence electrons. The van der Waals surface area contributed by atoms with Crippen LogP contribution in [0.5, 0.6) is 0 Å². The first-order valence-electron chi connectivity index (χ1n) is 4.98. The van der Waals surface area contributed by atoms with Crippen LogP contribution < -0.4 is 0 Å². The minimum atomic E-state index is -0.314. The van der Waals surface area contributed by atoms with Crippen molar-refractivity contribution in [3.8, 4) is 0 Å². The Morgan fingerprint density at radius 1 is 1.50 bits per heavy atom. The van der Waals surface area contributed by atoms with Crippen LogP contribution in [-0.4, -0.2) is 18.9 Å². The highest BCUT2D eigenvalue weighted by molar-refractivity contribution is 6.31. The molecule has 0 aromatic heterocycles. The summed E-state index contributed by atoms with van der Waals surface area (Å²) in [5.41, 5.74) is 2.04. The Kier molecular flexibility index (Phi) is 4.50. The first kappa shape index (κ1) is 12.7. The normalized spacial score (nSPS) is 9.94. The van der Waals surface area contributed by atoms with Crippen molar-refractivity contribution in [2.45, 2.75) is 20.3 Å². The highest BCUT2D eigenvalue weighted by atomic mass is 35.5. The van der Waals surface area contributed by atoms with Crippen molar-refractivity contribution >= 4 is 23.9 Å². The molecule has 0 heterocycles. The molecule has 0 atom stereocenters. The molecule has 0 N–H and O–H groups in total. The molecule has 4 heteroatoms. The van der Waals surface area contributed by atoms with Crippen molar-refractivity contribution in [3.63, 3.8) is 0 Å². The van der Waals surface area contributed by atoms with Gasteiger partial charge in [0.1, 0.15) is 6.29 Å². The van der Waals surface area contributed by atoms with Crippen LogP contribution in [0.15, 0.2) is 12.1 Å². The molecule has 0 saturated carbocycles. The lowest BCUT2D eigenvalue weighted by atomic mass is 10.0. The van der Waals surface area contributed by atoms with E-state index >= 15 is 0 Å². The van der Waals surface area contributed by atoms with Crippen molar-refractivity contribution < 1.29 is 14.3 Å². The third kappa shape index (κ3) is 3.07. The molecule has 0 aliphatic heterocycles. The molecule has 0 saturated heterocycles. The van der Waals surface area contributed by atoms with Crippen LogP contribution in [0.1, 0.15) is 28.4 Å². The van der Waals surface area contributed by atoms with Crippen LogP contribution in [0.3, 0.4) is 0 Å². The van der Waals surface area contributed by atoms with E-state index in [2.05, 4.69) is 0 Å². The second-order valence-corrected chi connectivity index (χ2v) is 3.81. The summed E-state index contributed by atoms with van der Waals surface area (Å²) in [6.45, 7) is 3.91. The molecule has 0 unspecified atom stereocenters. The number of aryl methyl sites for hydroxylation is 1. The van der Waals surface area contributed by atoms with Gasteiger partial charge in [0.2, 0.25) is 0 Å². The van der Waals surface area contributed by atoms with E-state index in [-0.39, 0.29) is 12.4 Å². The van der Waals surface area contributed by atoms with Gasteiger partial charge in [-0.1, -0.05) is 11.6 Å². The fourth-order valence-corrected chi connectivity index (χ4v) is 1.79. The fraction of sp³-hybridized carbons (Fsp3) is 0.333. The monoisotopic (exact) mass is 240 g/mol. The number of benzene rings is 1. The highest BCUT2D eigenvalue weighted by Crippen LogP contribution is 2.22. The summed E-state index contributed by atoms with van der Waals surface area (Å²) in [5.74, 6) is -0.314. The molecule has 0 spiro atoms. The molecule has 0 aliphatic rings. The van der Waals surface area contributed by atoms with E-state index < -0.39 is 0 Å². The Morgan fingerprint density at radius 2 is 2.19 bits per heavy atom. The predicted molar refractivity (Wildman–Crippen MR) is 61.9 cm³/mol. The summed E-state index contributed by atoms with van der Waals surface area (Å²) < 4.78 is 4.85. The largest absolute Gasteiger partial charge is 0.466 e. The van der Waals surface area contributed by atoms with Crippen LogP contribution in [0, 0.1) is 6.92 Å².